The van der Waals surface area contributed by atoms with Crippen LogP contribution in [0, 0.1) is 0 Å². The van der Waals surface area contributed by atoms with Gasteiger partial charge < -0.3 is 20.1 Å². The average molecular weight is 285 g/mol. The average Bonchev–Trinajstić information content (AvgIpc) is 2.37. The standard InChI is InChI=1S/C11H19N5O2S/c1-7(2)16(6-5-8(12)19)9-13-10(17-3)15-11(14-9)18-4/h7H,5-6H2,1-4H3,(H2,12,19). The molecule has 1 rings (SSSR count). The van der Waals surface area contributed by atoms with Crippen molar-refractivity contribution in [2.75, 3.05) is 25.7 Å². The topological polar surface area (TPSA) is 86.4 Å². The Bertz CT molecular complexity index is 419. The van der Waals surface area contributed by atoms with E-state index < -0.39 is 0 Å². The van der Waals surface area contributed by atoms with E-state index in [1.54, 1.807) is 0 Å². The quantitative estimate of drug-likeness (QED) is 0.735. The first kappa shape index (κ1) is 15.4. The van der Waals surface area contributed by atoms with Gasteiger partial charge in [-0.3, -0.25) is 0 Å². The third kappa shape index (κ3) is 4.47. The summed E-state index contributed by atoms with van der Waals surface area (Å²) >= 11 is 4.90. The first-order valence-corrected chi connectivity index (χ1v) is 6.27. The molecule has 1 heterocycles. The summed E-state index contributed by atoms with van der Waals surface area (Å²) in [6.07, 6.45) is 0.587. The van der Waals surface area contributed by atoms with Gasteiger partial charge in [-0.1, -0.05) is 12.2 Å². The smallest absolute Gasteiger partial charge is 0.324 e. The zero-order valence-electron chi connectivity index (χ0n) is 11.6. The van der Waals surface area contributed by atoms with E-state index in [4.69, 9.17) is 27.4 Å². The molecule has 0 atom stereocenters. The molecule has 0 unspecified atom stereocenters. The maximum absolute atomic E-state index is 5.53. The van der Waals surface area contributed by atoms with Crippen molar-refractivity contribution in [2.24, 2.45) is 5.73 Å². The third-order valence-corrected chi connectivity index (χ3v) is 2.63. The third-order valence-electron chi connectivity index (χ3n) is 2.43. The van der Waals surface area contributed by atoms with Gasteiger partial charge in [0.15, 0.2) is 0 Å². The first-order valence-electron chi connectivity index (χ1n) is 5.87. The first-order chi connectivity index (χ1) is 8.97. The number of hydrogen-bond donors (Lipinski definition) is 1. The molecule has 0 bridgehead atoms. The van der Waals surface area contributed by atoms with Gasteiger partial charge in [0.05, 0.1) is 19.2 Å². The van der Waals surface area contributed by atoms with Gasteiger partial charge in [0, 0.05) is 19.0 Å². The van der Waals surface area contributed by atoms with Crippen LogP contribution in [0.25, 0.3) is 0 Å². The molecule has 1 aromatic heterocycles. The molecule has 0 saturated carbocycles. The Morgan fingerprint density at radius 3 is 2.11 bits per heavy atom. The number of methoxy groups -OCH3 is 2. The van der Waals surface area contributed by atoms with Crippen LogP contribution in [0.4, 0.5) is 5.95 Å². The summed E-state index contributed by atoms with van der Waals surface area (Å²) in [6, 6.07) is 0.608. The Morgan fingerprint density at radius 2 is 1.74 bits per heavy atom. The molecule has 0 radical (unpaired) electrons. The molecule has 1 aromatic rings. The summed E-state index contributed by atoms with van der Waals surface area (Å²) in [7, 11) is 2.99. The summed E-state index contributed by atoms with van der Waals surface area (Å²) < 4.78 is 10.1. The molecule has 0 fully saturated rings. The van der Waals surface area contributed by atoms with Gasteiger partial charge in [-0.05, 0) is 13.8 Å². The van der Waals surface area contributed by atoms with E-state index in [1.807, 2.05) is 18.7 Å². The van der Waals surface area contributed by atoms with Gasteiger partial charge in [-0.15, -0.1) is 4.98 Å². The lowest BCUT2D eigenvalue weighted by Crippen LogP contribution is -2.35. The van der Waals surface area contributed by atoms with Crippen molar-refractivity contribution in [1.29, 1.82) is 0 Å². The minimum absolute atomic E-state index is 0.186. The second kappa shape index (κ2) is 7.03. The van der Waals surface area contributed by atoms with E-state index in [-0.39, 0.29) is 18.1 Å². The molecule has 19 heavy (non-hydrogen) atoms. The summed E-state index contributed by atoms with van der Waals surface area (Å²) in [5.74, 6) is 0.481. The van der Waals surface area contributed by atoms with Crippen LogP contribution in [0.3, 0.4) is 0 Å². The van der Waals surface area contributed by atoms with Crippen molar-refractivity contribution >= 4 is 23.2 Å². The normalized spacial score (nSPS) is 10.4. The Hall–Kier alpha value is -1.70. The second-order valence-electron chi connectivity index (χ2n) is 4.11. The molecular formula is C11H19N5O2S. The minimum Gasteiger partial charge on any atom is -0.467 e. The van der Waals surface area contributed by atoms with Crippen molar-refractivity contribution in [3.63, 3.8) is 0 Å². The highest BCUT2D eigenvalue weighted by molar-refractivity contribution is 7.80. The lowest BCUT2D eigenvalue weighted by molar-refractivity contribution is 0.339. The highest BCUT2D eigenvalue weighted by Gasteiger charge is 2.17. The molecule has 0 aromatic carbocycles. The zero-order chi connectivity index (χ0) is 14.4. The molecule has 7 nitrogen and oxygen atoms in total. The summed E-state index contributed by atoms with van der Waals surface area (Å²) in [4.78, 5) is 14.8. The monoisotopic (exact) mass is 285 g/mol. The predicted octanol–water partition coefficient (Wildman–Crippen LogP) is 0.780. The number of hydrogen-bond acceptors (Lipinski definition) is 7. The zero-order valence-corrected chi connectivity index (χ0v) is 12.4. The highest BCUT2D eigenvalue weighted by atomic mass is 32.1. The van der Waals surface area contributed by atoms with Gasteiger partial charge in [0.1, 0.15) is 0 Å². The van der Waals surface area contributed by atoms with Gasteiger partial charge in [0.25, 0.3) is 0 Å². The van der Waals surface area contributed by atoms with Crippen molar-refractivity contribution in [2.45, 2.75) is 26.3 Å². The van der Waals surface area contributed by atoms with Crippen molar-refractivity contribution < 1.29 is 9.47 Å². The summed E-state index contributed by atoms with van der Waals surface area (Å²) in [5.41, 5.74) is 5.53. The van der Waals surface area contributed by atoms with E-state index in [1.165, 1.54) is 14.2 Å². The van der Waals surface area contributed by atoms with Crippen LogP contribution in [0.5, 0.6) is 12.0 Å². The van der Waals surface area contributed by atoms with Crippen LogP contribution in [0.15, 0.2) is 0 Å². The fraction of sp³-hybridized carbons (Fsp3) is 0.636. The lowest BCUT2D eigenvalue weighted by Gasteiger charge is -2.26. The molecule has 0 aliphatic rings. The van der Waals surface area contributed by atoms with Crippen molar-refractivity contribution in [3.8, 4) is 12.0 Å². The molecular weight excluding hydrogens is 266 g/mol. The molecule has 0 aliphatic heterocycles. The maximum atomic E-state index is 5.53. The number of anilines is 1. The fourth-order valence-electron chi connectivity index (χ4n) is 1.46. The van der Waals surface area contributed by atoms with E-state index in [0.29, 0.717) is 23.9 Å². The number of ether oxygens (including phenoxy) is 2. The molecule has 0 amide bonds. The number of thiocarbonyl (C=S) groups is 1. The van der Waals surface area contributed by atoms with Gasteiger partial charge >= 0.3 is 12.0 Å². The molecule has 8 heteroatoms. The van der Waals surface area contributed by atoms with Crippen LogP contribution in [0.1, 0.15) is 20.3 Å². The minimum atomic E-state index is 0.186. The van der Waals surface area contributed by atoms with Crippen LogP contribution in [0.2, 0.25) is 0 Å². The number of nitrogens with zero attached hydrogens (tertiary/aromatic N) is 4. The lowest BCUT2D eigenvalue weighted by atomic mass is 10.3. The molecule has 2 N–H and O–H groups in total. The number of nitrogens with two attached hydrogens (primary N) is 1. The van der Waals surface area contributed by atoms with Crippen molar-refractivity contribution in [3.05, 3.63) is 0 Å². The second-order valence-corrected chi connectivity index (χ2v) is 4.64. The highest BCUT2D eigenvalue weighted by Crippen LogP contribution is 2.18. The molecule has 106 valence electrons. The van der Waals surface area contributed by atoms with E-state index >= 15 is 0 Å². The van der Waals surface area contributed by atoms with Crippen LogP contribution in [-0.4, -0.2) is 46.7 Å². The maximum Gasteiger partial charge on any atom is 0.324 e. The van der Waals surface area contributed by atoms with Crippen LogP contribution >= 0.6 is 12.2 Å². The Kier molecular flexibility index (Phi) is 5.68. The number of aromatic nitrogens is 3. The van der Waals surface area contributed by atoms with Gasteiger partial charge in [0.2, 0.25) is 5.95 Å². The van der Waals surface area contributed by atoms with Crippen molar-refractivity contribution in [1.82, 2.24) is 15.0 Å². The molecule has 0 spiro atoms. The van der Waals surface area contributed by atoms with E-state index in [2.05, 4.69) is 15.0 Å². The van der Waals surface area contributed by atoms with Gasteiger partial charge in [-0.25, -0.2) is 0 Å². The van der Waals surface area contributed by atoms with E-state index in [9.17, 15) is 0 Å². The summed E-state index contributed by atoms with van der Waals surface area (Å²) in [5, 5.41) is 0. The fourth-order valence-corrected chi connectivity index (χ4v) is 1.55. The predicted molar refractivity (Wildman–Crippen MR) is 76.8 cm³/mol. The SMILES string of the molecule is COc1nc(OC)nc(N(CCC(N)=S)C(C)C)n1. The van der Waals surface area contributed by atoms with E-state index in [0.717, 1.165) is 0 Å². The van der Waals surface area contributed by atoms with Crippen LogP contribution in [-0.2, 0) is 0 Å². The largest absolute Gasteiger partial charge is 0.467 e. The molecule has 0 saturated heterocycles. The summed E-state index contributed by atoms with van der Waals surface area (Å²) in [6.45, 7) is 4.69. The molecule has 0 aliphatic carbocycles. The number of rotatable bonds is 7. The Morgan fingerprint density at radius 1 is 1.21 bits per heavy atom. The Balaban J connectivity index is 3.03. The van der Waals surface area contributed by atoms with Gasteiger partial charge in [-0.2, -0.15) is 9.97 Å². The Labute approximate surface area is 118 Å². The van der Waals surface area contributed by atoms with Crippen LogP contribution < -0.4 is 20.1 Å².